The van der Waals surface area contributed by atoms with Crippen LogP contribution in [0.25, 0.3) is 10.4 Å². The highest BCUT2D eigenvalue weighted by Gasteiger charge is 2.22. The highest BCUT2D eigenvalue weighted by molar-refractivity contribution is 7.80. The van der Waals surface area contributed by atoms with E-state index in [-0.39, 0.29) is 12.0 Å². The van der Waals surface area contributed by atoms with Crippen LogP contribution in [-0.2, 0) is 4.74 Å². The van der Waals surface area contributed by atoms with Crippen molar-refractivity contribution < 1.29 is 9.53 Å². The van der Waals surface area contributed by atoms with Crippen LogP contribution in [0.3, 0.4) is 0 Å². The molecular weight excluding hydrogens is 336 g/mol. The summed E-state index contributed by atoms with van der Waals surface area (Å²) in [6.45, 7) is 6.15. The number of anilines is 1. The standard InChI is InChI=1S/C15H18N2O2S3/c1-4-19-14(18)12-10(11-6-5-7-21-11)8-22-13(12)17-15(20)16-9(2)3/h5-9H,4H2,1-3H3,(H2,16,17,20). The van der Waals surface area contributed by atoms with Crippen molar-refractivity contribution in [3.05, 3.63) is 28.5 Å². The van der Waals surface area contributed by atoms with Crippen LogP contribution in [0.4, 0.5) is 5.00 Å². The highest BCUT2D eigenvalue weighted by atomic mass is 32.1. The van der Waals surface area contributed by atoms with Gasteiger partial charge in [0, 0.05) is 21.9 Å². The van der Waals surface area contributed by atoms with E-state index < -0.39 is 0 Å². The van der Waals surface area contributed by atoms with Crippen molar-refractivity contribution in [3.63, 3.8) is 0 Å². The Morgan fingerprint density at radius 1 is 1.41 bits per heavy atom. The number of ether oxygens (including phenoxy) is 1. The lowest BCUT2D eigenvalue weighted by atomic mass is 10.1. The van der Waals surface area contributed by atoms with Crippen LogP contribution in [0.2, 0.25) is 0 Å². The molecule has 0 saturated heterocycles. The number of carbonyl (C=O) groups is 1. The molecule has 0 spiro atoms. The number of hydrogen-bond acceptors (Lipinski definition) is 5. The Bertz CT molecular complexity index is 648. The molecule has 22 heavy (non-hydrogen) atoms. The Morgan fingerprint density at radius 3 is 2.77 bits per heavy atom. The molecule has 0 aliphatic carbocycles. The molecule has 0 aliphatic heterocycles. The molecule has 118 valence electrons. The second-order valence-electron chi connectivity index (χ2n) is 4.80. The van der Waals surface area contributed by atoms with E-state index >= 15 is 0 Å². The summed E-state index contributed by atoms with van der Waals surface area (Å²) in [5, 5.41) is 11.4. The minimum Gasteiger partial charge on any atom is -0.462 e. The van der Waals surface area contributed by atoms with Gasteiger partial charge in [0.2, 0.25) is 0 Å². The first-order valence-corrected chi connectivity index (χ1v) is 9.09. The van der Waals surface area contributed by atoms with Gasteiger partial charge in [0.25, 0.3) is 0 Å². The summed E-state index contributed by atoms with van der Waals surface area (Å²) >= 11 is 8.31. The fourth-order valence-corrected chi connectivity index (χ4v) is 4.05. The van der Waals surface area contributed by atoms with Gasteiger partial charge in [-0.15, -0.1) is 22.7 Å². The molecule has 0 fully saturated rings. The molecule has 0 aromatic carbocycles. The second-order valence-corrected chi connectivity index (χ2v) is 7.04. The maximum absolute atomic E-state index is 12.3. The molecule has 0 radical (unpaired) electrons. The molecule has 2 aromatic rings. The van der Waals surface area contributed by atoms with Gasteiger partial charge in [0.05, 0.1) is 6.61 Å². The van der Waals surface area contributed by atoms with Crippen molar-refractivity contribution >= 4 is 51.0 Å². The molecule has 0 saturated carbocycles. The van der Waals surface area contributed by atoms with Crippen LogP contribution < -0.4 is 10.6 Å². The zero-order valence-electron chi connectivity index (χ0n) is 12.6. The number of hydrogen-bond donors (Lipinski definition) is 2. The van der Waals surface area contributed by atoms with Crippen LogP contribution in [0.15, 0.2) is 22.9 Å². The predicted molar refractivity (Wildman–Crippen MR) is 98.1 cm³/mol. The monoisotopic (exact) mass is 354 g/mol. The SMILES string of the molecule is CCOC(=O)c1c(-c2cccs2)csc1NC(=S)NC(C)C. The van der Waals surface area contributed by atoms with Crippen molar-refractivity contribution in [2.45, 2.75) is 26.8 Å². The molecule has 0 unspecified atom stereocenters. The van der Waals surface area contributed by atoms with Crippen LogP contribution in [-0.4, -0.2) is 23.7 Å². The third kappa shape index (κ3) is 4.06. The first-order valence-electron chi connectivity index (χ1n) is 6.93. The van der Waals surface area contributed by atoms with Crippen LogP contribution >= 0.6 is 34.9 Å². The summed E-state index contributed by atoms with van der Waals surface area (Å²) in [6, 6.07) is 4.18. The van der Waals surface area contributed by atoms with Crippen molar-refractivity contribution in [1.29, 1.82) is 0 Å². The molecular formula is C15H18N2O2S3. The Hall–Kier alpha value is -1.44. The quantitative estimate of drug-likeness (QED) is 0.617. The van der Waals surface area contributed by atoms with E-state index in [0.29, 0.717) is 22.3 Å². The fourth-order valence-electron chi connectivity index (χ4n) is 1.87. The molecule has 2 aromatic heterocycles. The van der Waals surface area contributed by atoms with Gasteiger partial charge in [-0.2, -0.15) is 0 Å². The van der Waals surface area contributed by atoms with Crippen molar-refractivity contribution in [1.82, 2.24) is 5.32 Å². The van der Waals surface area contributed by atoms with Crippen molar-refractivity contribution in [2.75, 3.05) is 11.9 Å². The third-order valence-corrected chi connectivity index (χ3v) is 4.72. The minimum absolute atomic E-state index is 0.225. The number of thiocarbonyl (C=S) groups is 1. The lowest BCUT2D eigenvalue weighted by Gasteiger charge is -2.13. The van der Waals surface area contributed by atoms with Crippen molar-refractivity contribution in [2.24, 2.45) is 0 Å². The van der Waals surface area contributed by atoms with Gasteiger partial charge in [0.15, 0.2) is 5.11 Å². The summed E-state index contributed by atoms with van der Waals surface area (Å²) in [5.41, 5.74) is 1.43. The maximum Gasteiger partial charge on any atom is 0.341 e. The first kappa shape index (κ1) is 16.9. The van der Waals surface area contributed by atoms with Gasteiger partial charge in [-0.1, -0.05) is 6.07 Å². The van der Waals surface area contributed by atoms with E-state index in [9.17, 15) is 4.79 Å². The molecule has 0 atom stereocenters. The van der Waals surface area contributed by atoms with Gasteiger partial charge in [-0.3, -0.25) is 0 Å². The van der Waals surface area contributed by atoms with E-state index in [1.54, 1.807) is 18.3 Å². The summed E-state index contributed by atoms with van der Waals surface area (Å²) < 4.78 is 5.20. The van der Waals surface area contributed by atoms with E-state index in [0.717, 1.165) is 10.4 Å². The molecule has 0 bridgehead atoms. The Kier molecular flexibility index (Phi) is 5.93. The highest BCUT2D eigenvalue weighted by Crippen LogP contribution is 2.38. The minimum atomic E-state index is -0.331. The lowest BCUT2D eigenvalue weighted by Crippen LogP contribution is -2.34. The van der Waals surface area contributed by atoms with Gasteiger partial charge >= 0.3 is 5.97 Å². The Balaban J connectivity index is 2.33. The third-order valence-electron chi connectivity index (χ3n) is 2.70. The molecule has 0 aliphatic rings. The lowest BCUT2D eigenvalue weighted by molar-refractivity contribution is 0.0529. The number of carbonyl (C=O) groups excluding carboxylic acids is 1. The van der Waals surface area contributed by atoms with Crippen molar-refractivity contribution in [3.8, 4) is 10.4 Å². The molecule has 0 amide bonds. The number of nitrogens with one attached hydrogen (secondary N) is 2. The van der Waals surface area contributed by atoms with Gasteiger partial charge in [0.1, 0.15) is 10.6 Å². The largest absolute Gasteiger partial charge is 0.462 e. The average molecular weight is 355 g/mol. The normalized spacial score (nSPS) is 10.5. The van der Waals surface area contributed by atoms with E-state index in [1.807, 2.05) is 36.7 Å². The molecule has 7 heteroatoms. The van der Waals surface area contributed by atoms with Crippen LogP contribution in [0, 0.1) is 0 Å². The van der Waals surface area contributed by atoms with Crippen LogP contribution in [0.1, 0.15) is 31.1 Å². The second kappa shape index (κ2) is 7.71. The zero-order valence-corrected chi connectivity index (χ0v) is 15.1. The summed E-state index contributed by atoms with van der Waals surface area (Å²) in [5.74, 6) is -0.331. The predicted octanol–water partition coefficient (Wildman–Crippen LogP) is 4.35. The van der Waals surface area contributed by atoms with Crippen LogP contribution in [0.5, 0.6) is 0 Å². The summed E-state index contributed by atoms with van der Waals surface area (Å²) in [6.07, 6.45) is 0. The number of rotatable bonds is 5. The maximum atomic E-state index is 12.3. The molecule has 2 rings (SSSR count). The Labute approximate surface area is 143 Å². The first-order chi connectivity index (χ1) is 10.5. The van der Waals surface area contributed by atoms with Gasteiger partial charge in [-0.25, -0.2) is 4.79 Å². The average Bonchev–Trinajstić information content (AvgIpc) is 3.06. The number of thiophene rings is 2. The fraction of sp³-hybridized carbons (Fsp3) is 0.333. The number of esters is 1. The summed E-state index contributed by atoms with van der Waals surface area (Å²) in [4.78, 5) is 13.4. The smallest absolute Gasteiger partial charge is 0.341 e. The molecule has 2 N–H and O–H groups in total. The van der Waals surface area contributed by atoms with E-state index in [4.69, 9.17) is 17.0 Å². The van der Waals surface area contributed by atoms with E-state index in [1.165, 1.54) is 11.3 Å². The molecule has 2 heterocycles. The molecule has 4 nitrogen and oxygen atoms in total. The Morgan fingerprint density at radius 2 is 2.18 bits per heavy atom. The topological polar surface area (TPSA) is 50.4 Å². The van der Waals surface area contributed by atoms with Gasteiger partial charge < -0.3 is 15.4 Å². The van der Waals surface area contributed by atoms with E-state index in [2.05, 4.69) is 10.6 Å². The zero-order chi connectivity index (χ0) is 16.1. The van der Waals surface area contributed by atoms with Gasteiger partial charge in [-0.05, 0) is 44.4 Å². The summed E-state index contributed by atoms with van der Waals surface area (Å²) in [7, 11) is 0.